The average Bonchev–Trinajstić information content (AvgIpc) is 1.25. The van der Waals surface area contributed by atoms with Crippen LogP contribution in [-0.4, -0.2) is 16.6 Å². The van der Waals surface area contributed by atoms with E-state index in [2.05, 4.69) is 0 Å². The summed E-state index contributed by atoms with van der Waals surface area (Å²) in [5.74, 6) is -2.73. The summed E-state index contributed by atoms with van der Waals surface area (Å²) in [5.41, 5.74) is -2.17. The molecule has 0 heterocycles. The third kappa shape index (κ3) is 1.74. The molecule has 0 aromatic carbocycles. The largest absolute Gasteiger partial charge is 0.360 e. The predicted octanol–water partition coefficient (Wildman–Crippen LogP) is 1.41. The zero-order chi connectivity index (χ0) is 7.00. The maximum atomic E-state index is 12.3. The van der Waals surface area contributed by atoms with Crippen LogP contribution < -0.4 is 0 Å². The van der Waals surface area contributed by atoms with E-state index in [-0.39, 0.29) is 0 Å². The summed E-state index contributed by atoms with van der Waals surface area (Å²) in [4.78, 5) is 0. The molecule has 0 radical (unpaired) electrons. The Balaban J connectivity index is 4.02. The molecule has 0 aromatic rings. The molecule has 0 saturated carbocycles. The third-order valence-electron chi connectivity index (χ3n) is 1.09. The highest BCUT2D eigenvalue weighted by atomic mass is 19.2. The normalized spacial score (nSPS) is 20.2. The molecule has 0 aliphatic heterocycles. The Bertz CT molecular complexity index is 65.4. The van der Waals surface area contributed by atoms with Gasteiger partial charge < -0.3 is 5.11 Å². The van der Waals surface area contributed by atoms with Crippen LogP contribution in [0.5, 0.6) is 0 Å². The zero-order valence-electron chi connectivity index (χ0n) is 5.20. The summed E-state index contributed by atoms with van der Waals surface area (Å²) in [6.07, 6.45) is 0. The molecule has 1 atom stereocenters. The van der Waals surface area contributed by atoms with Crippen LogP contribution in [-0.2, 0) is 0 Å². The van der Waals surface area contributed by atoms with E-state index in [1.807, 2.05) is 0 Å². The Morgan fingerprint density at radius 1 is 1.12 bits per heavy atom. The summed E-state index contributed by atoms with van der Waals surface area (Å²) >= 11 is 0. The molecule has 0 bridgehead atoms. The number of alkyl halides is 2. The van der Waals surface area contributed by atoms with Gasteiger partial charge >= 0.3 is 0 Å². The summed E-state index contributed by atoms with van der Waals surface area (Å²) in [7, 11) is 0. The van der Waals surface area contributed by atoms with Crippen LogP contribution in [0.2, 0.25) is 0 Å². The highest BCUT2D eigenvalue weighted by Crippen LogP contribution is 2.25. The van der Waals surface area contributed by atoms with Crippen LogP contribution >= 0.6 is 0 Å². The van der Waals surface area contributed by atoms with E-state index in [1.54, 1.807) is 0 Å². The van der Waals surface area contributed by atoms with E-state index in [9.17, 15) is 8.78 Å². The van der Waals surface area contributed by atoms with E-state index in [0.29, 0.717) is 0 Å². The van der Waals surface area contributed by atoms with E-state index >= 15 is 0 Å². The van der Waals surface area contributed by atoms with Crippen molar-refractivity contribution in [2.45, 2.75) is 32.3 Å². The first-order valence-corrected chi connectivity index (χ1v) is 2.35. The van der Waals surface area contributed by atoms with Gasteiger partial charge in [0.15, 0.2) is 5.67 Å². The van der Waals surface area contributed by atoms with Crippen LogP contribution in [0, 0.1) is 0 Å². The SMILES string of the molecule is CC(C)(F)C(C)(O)F. The van der Waals surface area contributed by atoms with Crippen LogP contribution in [0.15, 0.2) is 0 Å². The van der Waals surface area contributed by atoms with E-state index < -0.39 is 11.5 Å². The fraction of sp³-hybridized carbons (Fsp3) is 1.00. The third-order valence-corrected chi connectivity index (χ3v) is 1.09. The van der Waals surface area contributed by atoms with Gasteiger partial charge in [0, 0.05) is 0 Å². The van der Waals surface area contributed by atoms with Crippen LogP contribution in [0.4, 0.5) is 8.78 Å². The molecule has 1 N–H and O–H groups in total. The Hall–Kier alpha value is -0.180. The first-order chi connectivity index (χ1) is 3.25. The minimum atomic E-state index is -2.73. The number of halogens is 2. The monoisotopic (exact) mass is 124 g/mol. The number of hydrogen-bond acceptors (Lipinski definition) is 1. The van der Waals surface area contributed by atoms with Crippen molar-refractivity contribution in [3.05, 3.63) is 0 Å². The van der Waals surface area contributed by atoms with Crippen molar-refractivity contribution in [3.8, 4) is 0 Å². The van der Waals surface area contributed by atoms with Crippen molar-refractivity contribution >= 4 is 0 Å². The molecule has 50 valence electrons. The van der Waals surface area contributed by atoms with Gasteiger partial charge in [-0.1, -0.05) is 0 Å². The molecule has 0 saturated heterocycles. The number of rotatable bonds is 1. The van der Waals surface area contributed by atoms with Gasteiger partial charge in [-0.05, 0) is 20.8 Å². The fourth-order valence-electron chi connectivity index (χ4n) is 0. The molecular weight excluding hydrogens is 114 g/mol. The highest BCUT2D eigenvalue weighted by Gasteiger charge is 2.39. The van der Waals surface area contributed by atoms with Crippen molar-refractivity contribution in [3.63, 3.8) is 0 Å². The van der Waals surface area contributed by atoms with Crippen molar-refractivity contribution in [2.24, 2.45) is 0 Å². The summed E-state index contributed by atoms with van der Waals surface area (Å²) in [5, 5.41) is 8.31. The van der Waals surface area contributed by atoms with Crippen molar-refractivity contribution in [1.82, 2.24) is 0 Å². The van der Waals surface area contributed by atoms with Crippen molar-refractivity contribution in [2.75, 3.05) is 0 Å². The van der Waals surface area contributed by atoms with Gasteiger partial charge in [0.2, 0.25) is 5.85 Å². The first-order valence-electron chi connectivity index (χ1n) is 2.35. The summed E-state index contributed by atoms with van der Waals surface area (Å²) < 4.78 is 24.3. The van der Waals surface area contributed by atoms with Crippen molar-refractivity contribution in [1.29, 1.82) is 0 Å². The van der Waals surface area contributed by atoms with Gasteiger partial charge in [-0.3, -0.25) is 0 Å². The average molecular weight is 124 g/mol. The highest BCUT2D eigenvalue weighted by molar-refractivity contribution is 4.79. The van der Waals surface area contributed by atoms with Crippen LogP contribution in [0.25, 0.3) is 0 Å². The maximum Gasteiger partial charge on any atom is 0.237 e. The van der Waals surface area contributed by atoms with E-state index in [1.165, 1.54) is 0 Å². The van der Waals surface area contributed by atoms with E-state index in [0.717, 1.165) is 20.8 Å². The second-order valence-electron chi connectivity index (χ2n) is 2.43. The Morgan fingerprint density at radius 3 is 1.25 bits per heavy atom. The standard InChI is InChI=1S/C5H10F2O/c1-4(2,6)5(3,7)8/h8H,1-3H3. The molecule has 0 amide bonds. The zero-order valence-corrected chi connectivity index (χ0v) is 5.20. The quantitative estimate of drug-likeness (QED) is 0.560. The molecule has 0 spiro atoms. The number of aliphatic hydroxyl groups is 1. The Kier molecular flexibility index (Phi) is 1.62. The second kappa shape index (κ2) is 1.65. The summed E-state index contributed by atoms with van der Waals surface area (Å²) in [6.45, 7) is 2.74. The molecule has 0 fully saturated rings. The van der Waals surface area contributed by atoms with Crippen LogP contribution in [0.1, 0.15) is 20.8 Å². The lowest BCUT2D eigenvalue weighted by atomic mass is 10.0. The predicted molar refractivity (Wildman–Crippen MR) is 26.9 cm³/mol. The minimum Gasteiger partial charge on any atom is -0.360 e. The lowest BCUT2D eigenvalue weighted by Gasteiger charge is -2.24. The first kappa shape index (κ1) is 7.82. The Morgan fingerprint density at radius 2 is 1.25 bits per heavy atom. The molecular formula is C5H10F2O. The molecule has 0 aliphatic rings. The topological polar surface area (TPSA) is 20.2 Å². The lowest BCUT2D eigenvalue weighted by molar-refractivity contribution is -0.167. The van der Waals surface area contributed by atoms with E-state index in [4.69, 9.17) is 5.11 Å². The lowest BCUT2D eigenvalue weighted by Crippen LogP contribution is -2.39. The minimum absolute atomic E-state index is 0.785. The van der Waals surface area contributed by atoms with Gasteiger partial charge in [-0.25, -0.2) is 8.78 Å². The Labute approximate surface area is 47.3 Å². The van der Waals surface area contributed by atoms with Gasteiger partial charge in [0.25, 0.3) is 0 Å². The molecule has 0 aliphatic carbocycles. The molecule has 0 rings (SSSR count). The maximum absolute atomic E-state index is 12.3. The van der Waals surface area contributed by atoms with Gasteiger partial charge in [0.05, 0.1) is 0 Å². The van der Waals surface area contributed by atoms with Gasteiger partial charge in [0.1, 0.15) is 0 Å². The van der Waals surface area contributed by atoms with Gasteiger partial charge in [-0.15, -0.1) is 0 Å². The molecule has 1 nitrogen and oxygen atoms in total. The molecule has 8 heavy (non-hydrogen) atoms. The van der Waals surface area contributed by atoms with Crippen LogP contribution in [0.3, 0.4) is 0 Å². The fourth-order valence-corrected chi connectivity index (χ4v) is 0. The van der Waals surface area contributed by atoms with Gasteiger partial charge in [-0.2, -0.15) is 0 Å². The molecule has 3 heteroatoms. The molecule has 0 aromatic heterocycles. The summed E-state index contributed by atoms with van der Waals surface area (Å²) in [6, 6.07) is 0. The van der Waals surface area contributed by atoms with Crippen molar-refractivity contribution < 1.29 is 13.9 Å². The smallest absolute Gasteiger partial charge is 0.237 e. The number of hydrogen-bond donors (Lipinski definition) is 1. The second-order valence-corrected chi connectivity index (χ2v) is 2.43. The molecule has 1 unspecified atom stereocenters.